The topological polar surface area (TPSA) is 87.7 Å². The van der Waals surface area contributed by atoms with Crippen LogP contribution in [-0.4, -0.2) is 12.2 Å². The molecule has 0 radical (unpaired) electrons. The molecule has 4 rings (SSSR count). The first-order chi connectivity index (χ1) is 16.7. The van der Waals surface area contributed by atoms with E-state index in [4.69, 9.17) is 4.74 Å². The quantitative estimate of drug-likeness (QED) is 0.318. The third-order valence-electron chi connectivity index (χ3n) is 5.76. The van der Waals surface area contributed by atoms with Gasteiger partial charge in [0.15, 0.2) is 17.4 Å². The van der Waals surface area contributed by atoms with Gasteiger partial charge in [-0.1, -0.05) is 18.2 Å². The van der Waals surface area contributed by atoms with Gasteiger partial charge in [0.05, 0.1) is 13.2 Å². The molecule has 180 valence electrons. The van der Waals surface area contributed by atoms with E-state index in [-0.39, 0.29) is 5.69 Å². The smallest absolute Gasteiger partial charge is 0.271 e. The highest BCUT2D eigenvalue weighted by molar-refractivity contribution is 5.70. The second-order valence-corrected chi connectivity index (χ2v) is 8.01. The Morgan fingerprint density at radius 2 is 1.54 bits per heavy atom. The minimum absolute atomic E-state index is 0.215. The number of aromatic hydroxyl groups is 1. The Hall–Kier alpha value is -4.11. The van der Waals surface area contributed by atoms with E-state index in [0.717, 1.165) is 12.1 Å². The Kier molecular flexibility index (Phi) is 6.61. The predicted molar refractivity (Wildman–Crippen MR) is 125 cm³/mol. The molecule has 0 aromatic heterocycles. The van der Waals surface area contributed by atoms with Crippen LogP contribution in [0, 0.1) is 17.5 Å². The van der Waals surface area contributed by atoms with Gasteiger partial charge in [0.2, 0.25) is 0 Å². The van der Waals surface area contributed by atoms with Crippen molar-refractivity contribution in [3.63, 3.8) is 0 Å². The van der Waals surface area contributed by atoms with Crippen molar-refractivity contribution in [2.45, 2.75) is 19.0 Å². The molecule has 0 aliphatic carbocycles. The zero-order valence-electron chi connectivity index (χ0n) is 18.7. The zero-order valence-corrected chi connectivity index (χ0v) is 18.7. The zero-order chi connectivity index (χ0) is 25.3. The molecule has 0 fully saturated rings. The normalized spacial score (nSPS) is 12.9. The van der Waals surface area contributed by atoms with Crippen LogP contribution in [0.3, 0.4) is 0 Å². The maximum absolute atomic E-state index is 13.8. The average Bonchev–Trinajstić information content (AvgIpc) is 2.87. The van der Waals surface area contributed by atoms with E-state index >= 15 is 0 Å². The van der Waals surface area contributed by atoms with E-state index in [2.05, 4.69) is 10.6 Å². The maximum Gasteiger partial charge on any atom is 0.271 e. The van der Waals surface area contributed by atoms with Crippen molar-refractivity contribution in [2.75, 3.05) is 12.4 Å². The van der Waals surface area contributed by atoms with Crippen molar-refractivity contribution >= 4 is 11.4 Å². The number of ether oxygens (including phenoxy) is 1. The highest BCUT2D eigenvalue weighted by atomic mass is 19.2. The van der Waals surface area contributed by atoms with Crippen molar-refractivity contribution in [1.29, 1.82) is 0 Å². The fourth-order valence-electron chi connectivity index (χ4n) is 3.83. The number of rotatable bonds is 8. The number of halogens is 3. The molecule has 2 unspecified atom stereocenters. The molecule has 4 aromatic rings. The van der Waals surface area contributed by atoms with Gasteiger partial charge < -0.3 is 15.2 Å². The minimum Gasteiger partial charge on any atom is -0.502 e. The Balaban J connectivity index is 1.75. The summed E-state index contributed by atoms with van der Waals surface area (Å²) in [5, 5.41) is 15.8. The molecule has 9 heteroatoms. The number of hydrogen-bond acceptors (Lipinski definition) is 6. The second kappa shape index (κ2) is 9.63. The van der Waals surface area contributed by atoms with Crippen LogP contribution in [0.2, 0.25) is 0 Å². The van der Waals surface area contributed by atoms with Gasteiger partial charge in [0, 0.05) is 17.3 Å². The summed E-state index contributed by atoms with van der Waals surface area (Å²) in [6.07, 6.45) is 0. The summed E-state index contributed by atoms with van der Waals surface area (Å²) in [6.45, 7) is 1.76. The molecule has 0 spiro atoms. The van der Waals surface area contributed by atoms with Gasteiger partial charge in [-0.2, -0.15) is 0 Å². The van der Waals surface area contributed by atoms with E-state index in [9.17, 15) is 27.9 Å². The number of anilines is 2. The van der Waals surface area contributed by atoms with Crippen molar-refractivity contribution in [3.8, 4) is 11.5 Å². The number of hydrogen-bond donors (Lipinski definition) is 3. The summed E-state index contributed by atoms with van der Waals surface area (Å²) >= 11 is 0. The van der Waals surface area contributed by atoms with Crippen LogP contribution < -0.4 is 26.2 Å². The Bertz CT molecular complexity index is 1450. The minimum atomic E-state index is -0.981. The largest absolute Gasteiger partial charge is 0.502 e. The average molecular weight is 482 g/mol. The lowest BCUT2D eigenvalue weighted by molar-refractivity contribution is 0.400. The fraction of sp³-hybridized carbons (Fsp3) is 0.154. The molecule has 0 heterocycles. The molecule has 35 heavy (non-hydrogen) atoms. The van der Waals surface area contributed by atoms with Crippen LogP contribution in [0.15, 0.2) is 70.3 Å². The van der Waals surface area contributed by atoms with Gasteiger partial charge in [-0.25, -0.2) is 13.2 Å². The van der Waals surface area contributed by atoms with Crippen LogP contribution in [-0.2, 0) is 0 Å². The predicted octanol–water partition coefficient (Wildman–Crippen LogP) is 4.60. The number of nitrogens with one attached hydrogen (secondary N) is 2. The van der Waals surface area contributed by atoms with Crippen LogP contribution >= 0.6 is 0 Å². The van der Waals surface area contributed by atoms with Crippen molar-refractivity contribution in [2.24, 2.45) is 0 Å². The van der Waals surface area contributed by atoms with Crippen LogP contribution in [0.1, 0.15) is 35.7 Å². The third-order valence-corrected chi connectivity index (χ3v) is 5.76. The summed E-state index contributed by atoms with van der Waals surface area (Å²) in [6, 6.07) is 13.1. The summed E-state index contributed by atoms with van der Waals surface area (Å²) < 4.78 is 46.4. The monoisotopic (exact) mass is 482 g/mol. The Labute approximate surface area is 198 Å². The van der Waals surface area contributed by atoms with E-state index in [1.807, 2.05) is 0 Å². The van der Waals surface area contributed by atoms with Crippen molar-refractivity contribution in [1.82, 2.24) is 5.32 Å². The molecule has 0 bridgehead atoms. The first-order valence-electron chi connectivity index (χ1n) is 10.6. The van der Waals surface area contributed by atoms with E-state index < -0.39 is 46.1 Å². The highest BCUT2D eigenvalue weighted by Crippen LogP contribution is 2.35. The molecule has 0 amide bonds. The molecule has 0 aliphatic heterocycles. The SMILES string of the molecule is COc1ccc(Nc2c(O)c(=O)c2=O)cc1C(NC(C)c1ccc(F)c(F)c1)c1ccc(F)cc1. The molecular weight excluding hydrogens is 461 g/mol. The van der Waals surface area contributed by atoms with Crippen LogP contribution in [0.5, 0.6) is 11.5 Å². The Morgan fingerprint density at radius 3 is 2.17 bits per heavy atom. The lowest BCUT2D eigenvalue weighted by Crippen LogP contribution is -2.32. The lowest BCUT2D eigenvalue weighted by Gasteiger charge is -2.27. The van der Waals surface area contributed by atoms with Crippen LogP contribution in [0.25, 0.3) is 0 Å². The Morgan fingerprint density at radius 1 is 0.857 bits per heavy atom. The van der Waals surface area contributed by atoms with E-state index in [1.165, 1.54) is 25.3 Å². The van der Waals surface area contributed by atoms with Crippen molar-refractivity contribution < 1.29 is 23.0 Å². The molecule has 2 atom stereocenters. The first kappa shape index (κ1) is 24.0. The standard InChI is InChI=1S/C26H21F3N2O4/c1-13(15-5-9-19(28)20(29)11-15)30-22(14-3-6-16(27)7-4-14)18-12-17(8-10-21(18)35-2)31-23-24(32)26(34)25(23)33/h3-13,22,30-32H,1-2H3. The van der Waals surface area contributed by atoms with Gasteiger partial charge in [-0.05, 0) is 60.5 Å². The highest BCUT2D eigenvalue weighted by Gasteiger charge is 2.24. The summed E-state index contributed by atoms with van der Waals surface area (Å²) in [5.41, 5.74) is 0.0699. The van der Waals surface area contributed by atoms with Gasteiger partial charge >= 0.3 is 0 Å². The van der Waals surface area contributed by atoms with Crippen LogP contribution in [0.4, 0.5) is 24.5 Å². The first-order valence-corrected chi connectivity index (χ1v) is 10.6. The van der Waals surface area contributed by atoms with Gasteiger partial charge in [-0.3, -0.25) is 14.9 Å². The molecule has 6 nitrogen and oxygen atoms in total. The van der Waals surface area contributed by atoms with E-state index in [0.29, 0.717) is 28.1 Å². The van der Waals surface area contributed by atoms with Crippen molar-refractivity contribution in [3.05, 3.63) is 115 Å². The number of methoxy groups -OCH3 is 1. The molecule has 0 aliphatic rings. The van der Waals surface area contributed by atoms with Gasteiger partial charge in [0.1, 0.15) is 17.3 Å². The number of benzene rings is 3. The van der Waals surface area contributed by atoms with E-state index in [1.54, 1.807) is 37.3 Å². The molecule has 0 saturated heterocycles. The summed E-state index contributed by atoms with van der Waals surface area (Å²) in [7, 11) is 1.47. The fourth-order valence-corrected chi connectivity index (χ4v) is 3.83. The summed E-state index contributed by atoms with van der Waals surface area (Å²) in [4.78, 5) is 23.1. The maximum atomic E-state index is 13.8. The summed E-state index contributed by atoms with van der Waals surface area (Å²) in [5.74, 6) is -2.57. The molecule has 0 saturated carbocycles. The third kappa shape index (κ3) is 4.76. The molecule has 3 N–H and O–H groups in total. The second-order valence-electron chi connectivity index (χ2n) is 8.01. The molecular formula is C26H21F3N2O4. The van der Waals surface area contributed by atoms with Gasteiger partial charge in [0.25, 0.3) is 10.9 Å². The van der Waals surface area contributed by atoms with Gasteiger partial charge in [-0.15, -0.1) is 0 Å². The lowest BCUT2D eigenvalue weighted by atomic mass is 9.95. The molecule has 4 aromatic carbocycles.